The second kappa shape index (κ2) is 10.3. The summed E-state index contributed by atoms with van der Waals surface area (Å²) in [6, 6.07) is -0.157. The van der Waals surface area contributed by atoms with E-state index in [0.717, 1.165) is 32.4 Å². The highest BCUT2D eigenvalue weighted by molar-refractivity contribution is 5.81. The third-order valence-corrected chi connectivity index (χ3v) is 3.13. The average Bonchev–Trinajstić information content (AvgIpc) is 2.33. The minimum Gasteiger partial charge on any atom is -0.395 e. The second-order valence-electron chi connectivity index (χ2n) is 5.26. The third-order valence-electron chi connectivity index (χ3n) is 3.13. The third kappa shape index (κ3) is 7.67. The van der Waals surface area contributed by atoms with Crippen LogP contribution >= 0.6 is 0 Å². The Labute approximate surface area is 112 Å². The standard InChI is InChI=1S/C14H30N2O2/c1-5-6-9-16(10-11-17)13(4)14(18)15-8-7-12(2)3/h12-13,17H,5-11H2,1-4H3,(H,15,18). The largest absolute Gasteiger partial charge is 0.395 e. The van der Waals surface area contributed by atoms with Crippen LogP contribution in [0.4, 0.5) is 0 Å². The number of nitrogens with one attached hydrogen (secondary N) is 1. The molecule has 108 valence electrons. The Hall–Kier alpha value is -0.610. The van der Waals surface area contributed by atoms with Gasteiger partial charge in [0.15, 0.2) is 0 Å². The molecule has 0 rings (SSSR count). The van der Waals surface area contributed by atoms with Crippen LogP contribution in [0.15, 0.2) is 0 Å². The van der Waals surface area contributed by atoms with Gasteiger partial charge in [-0.3, -0.25) is 9.69 Å². The molecule has 0 heterocycles. The number of rotatable bonds is 10. The number of unbranched alkanes of at least 4 members (excludes halogenated alkanes) is 1. The lowest BCUT2D eigenvalue weighted by Crippen LogP contribution is -2.46. The lowest BCUT2D eigenvalue weighted by atomic mass is 10.1. The van der Waals surface area contributed by atoms with Crippen LogP contribution in [-0.2, 0) is 4.79 Å². The van der Waals surface area contributed by atoms with Gasteiger partial charge in [0.05, 0.1) is 12.6 Å². The second-order valence-corrected chi connectivity index (χ2v) is 5.26. The van der Waals surface area contributed by atoms with Crippen molar-refractivity contribution in [3.63, 3.8) is 0 Å². The first kappa shape index (κ1) is 17.4. The zero-order chi connectivity index (χ0) is 14.0. The summed E-state index contributed by atoms with van der Waals surface area (Å²) in [5.74, 6) is 0.675. The predicted molar refractivity (Wildman–Crippen MR) is 75.5 cm³/mol. The number of hydrogen-bond acceptors (Lipinski definition) is 3. The van der Waals surface area contributed by atoms with E-state index in [1.165, 1.54) is 0 Å². The molecule has 0 saturated heterocycles. The van der Waals surface area contributed by atoms with Crippen molar-refractivity contribution in [3.05, 3.63) is 0 Å². The van der Waals surface area contributed by atoms with Gasteiger partial charge in [0.2, 0.25) is 5.91 Å². The summed E-state index contributed by atoms with van der Waals surface area (Å²) in [6.07, 6.45) is 3.17. The van der Waals surface area contributed by atoms with Gasteiger partial charge in [0.25, 0.3) is 0 Å². The molecule has 0 saturated carbocycles. The zero-order valence-corrected chi connectivity index (χ0v) is 12.4. The summed E-state index contributed by atoms with van der Waals surface area (Å²) in [5, 5.41) is 12.0. The number of nitrogens with zero attached hydrogens (tertiary/aromatic N) is 1. The van der Waals surface area contributed by atoms with Crippen LogP contribution in [-0.4, -0.2) is 48.2 Å². The van der Waals surface area contributed by atoms with Gasteiger partial charge in [-0.15, -0.1) is 0 Å². The lowest BCUT2D eigenvalue weighted by molar-refractivity contribution is -0.126. The molecule has 0 aliphatic heterocycles. The maximum absolute atomic E-state index is 12.0. The normalized spacial score (nSPS) is 13.1. The average molecular weight is 258 g/mol. The summed E-state index contributed by atoms with van der Waals surface area (Å²) >= 11 is 0. The van der Waals surface area contributed by atoms with Gasteiger partial charge >= 0.3 is 0 Å². The molecule has 0 aromatic rings. The molecule has 1 unspecified atom stereocenters. The van der Waals surface area contributed by atoms with Gasteiger partial charge < -0.3 is 10.4 Å². The highest BCUT2D eigenvalue weighted by Crippen LogP contribution is 2.03. The van der Waals surface area contributed by atoms with Gasteiger partial charge in [0, 0.05) is 13.1 Å². The van der Waals surface area contributed by atoms with Gasteiger partial charge in [-0.2, -0.15) is 0 Å². The number of aliphatic hydroxyl groups excluding tert-OH is 1. The van der Waals surface area contributed by atoms with Crippen LogP contribution in [0.3, 0.4) is 0 Å². The minimum atomic E-state index is -0.157. The van der Waals surface area contributed by atoms with Crippen molar-refractivity contribution in [2.24, 2.45) is 5.92 Å². The molecular formula is C14H30N2O2. The summed E-state index contributed by atoms with van der Waals surface area (Å²) in [4.78, 5) is 14.0. The topological polar surface area (TPSA) is 52.6 Å². The van der Waals surface area contributed by atoms with E-state index in [1.54, 1.807) is 0 Å². The van der Waals surface area contributed by atoms with Crippen molar-refractivity contribution in [2.75, 3.05) is 26.2 Å². The van der Waals surface area contributed by atoms with Gasteiger partial charge in [0.1, 0.15) is 0 Å². The van der Waals surface area contributed by atoms with Crippen LogP contribution in [0, 0.1) is 5.92 Å². The molecule has 0 aliphatic rings. The van der Waals surface area contributed by atoms with E-state index < -0.39 is 0 Å². The SMILES string of the molecule is CCCCN(CCO)C(C)C(=O)NCCC(C)C. The molecule has 4 heteroatoms. The van der Waals surface area contributed by atoms with Crippen molar-refractivity contribution in [1.82, 2.24) is 10.2 Å². The molecule has 2 N–H and O–H groups in total. The molecule has 0 spiro atoms. The molecule has 1 atom stereocenters. The van der Waals surface area contributed by atoms with Gasteiger partial charge in [-0.25, -0.2) is 0 Å². The Morgan fingerprint density at radius 2 is 1.94 bits per heavy atom. The summed E-state index contributed by atoms with van der Waals surface area (Å²) < 4.78 is 0. The molecule has 0 aliphatic carbocycles. The van der Waals surface area contributed by atoms with E-state index in [4.69, 9.17) is 5.11 Å². The van der Waals surface area contributed by atoms with E-state index in [2.05, 4.69) is 26.1 Å². The Morgan fingerprint density at radius 3 is 2.44 bits per heavy atom. The van der Waals surface area contributed by atoms with Crippen LogP contribution < -0.4 is 5.32 Å². The summed E-state index contributed by atoms with van der Waals surface area (Å²) in [7, 11) is 0. The maximum atomic E-state index is 12.0. The zero-order valence-electron chi connectivity index (χ0n) is 12.4. The summed E-state index contributed by atoms with van der Waals surface area (Å²) in [5.41, 5.74) is 0. The van der Waals surface area contributed by atoms with Crippen LogP contribution in [0.2, 0.25) is 0 Å². The molecule has 0 bridgehead atoms. The number of carbonyl (C=O) groups is 1. The molecule has 0 fully saturated rings. The van der Waals surface area contributed by atoms with Crippen LogP contribution in [0.25, 0.3) is 0 Å². The fourth-order valence-electron chi connectivity index (χ4n) is 1.79. The fraction of sp³-hybridized carbons (Fsp3) is 0.929. The van der Waals surface area contributed by atoms with Crippen molar-refractivity contribution < 1.29 is 9.90 Å². The van der Waals surface area contributed by atoms with Crippen LogP contribution in [0.5, 0.6) is 0 Å². The number of carbonyl (C=O) groups excluding carboxylic acids is 1. The van der Waals surface area contributed by atoms with Crippen molar-refractivity contribution >= 4 is 5.91 Å². The Balaban J connectivity index is 4.10. The monoisotopic (exact) mass is 258 g/mol. The first-order valence-corrected chi connectivity index (χ1v) is 7.15. The molecular weight excluding hydrogens is 228 g/mol. The van der Waals surface area contributed by atoms with Gasteiger partial charge in [-0.1, -0.05) is 27.2 Å². The minimum absolute atomic E-state index is 0.0696. The molecule has 1 amide bonds. The Bertz CT molecular complexity index is 220. The Morgan fingerprint density at radius 1 is 1.28 bits per heavy atom. The predicted octanol–water partition coefficient (Wildman–Crippen LogP) is 1.63. The van der Waals surface area contributed by atoms with Crippen molar-refractivity contribution in [2.45, 2.75) is 53.0 Å². The Kier molecular flexibility index (Phi) is 9.98. The fourth-order valence-corrected chi connectivity index (χ4v) is 1.79. The molecule has 4 nitrogen and oxygen atoms in total. The number of amides is 1. The van der Waals surface area contributed by atoms with E-state index in [0.29, 0.717) is 12.5 Å². The van der Waals surface area contributed by atoms with E-state index in [-0.39, 0.29) is 18.6 Å². The van der Waals surface area contributed by atoms with Crippen LogP contribution in [0.1, 0.15) is 47.0 Å². The van der Waals surface area contributed by atoms with Gasteiger partial charge in [-0.05, 0) is 32.2 Å². The quantitative estimate of drug-likeness (QED) is 0.626. The molecule has 0 aromatic heterocycles. The highest BCUT2D eigenvalue weighted by Gasteiger charge is 2.19. The lowest BCUT2D eigenvalue weighted by Gasteiger charge is -2.27. The smallest absolute Gasteiger partial charge is 0.237 e. The molecule has 18 heavy (non-hydrogen) atoms. The van der Waals surface area contributed by atoms with E-state index in [9.17, 15) is 4.79 Å². The van der Waals surface area contributed by atoms with E-state index in [1.807, 2.05) is 11.8 Å². The van der Waals surface area contributed by atoms with Crippen molar-refractivity contribution in [3.8, 4) is 0 Å². The molecule has 0 radical (unpaired) electrons. The summed E-state index contributed by atoms with van der Waals surface area (Å²) in [6.45, 7) is 10.6. The first-order valence-electron chi connectivity index (χ1n) is 7.15. The van der Waals surface area contributed by atoms with Crippen molar-refractivity contribution in [1.29, 1.82) is 0 Å². The first-order chi connectivity index (χ1) is 8.52. The number of aliphatic hydroxyl groups is 1. The maximum Gasteiger partial charge on any atom is 0.237 e. The molecule has 0 aromatic carbocycles. The highest BCUT2D eigenvalue weighted by atomic mass is 16.3. The van der Waals surface area contributed by atoms with E-state index >= 15 is 0 Å². The number of hydrogen-bond donors (Lipinski definition) is 2.